The second-order valence-corrected chi connectivity index (χ2v) is 14.7. The molecule has 4 aliphatic carbocycles. The number of ether oxygens (including phenoxy) is 3. The lowest BCUT2D eigenvalue weighted by Gasteiger charge is -2.68. The van der Waals surface area contributed by atoms with Gasteiger partial charge in [0.05, 0.1) is 23.4 Å². The van der Waals surface area contributed by atoms with Crippen LogP contribution in [0.25, 0.3) is 10.9 Å². The first kappa shape index (κ1) is 24.2. The fourth-order valence-corrected chi connectivity index (χ4v) is 10.7. The Morgan fingerprint density at radius 3 is 2.63 bits per heavy atom. The van der Waals surface area contributed by atoms with Crippen molar-refractivity contribution in [1.29, 1.82) is 0 Å². The SMILES string of the molecule is CC(C)=C[C@H]1O[C@H]2[C@H]3C[C@@]34[C@H](CC[C@@]3(C)[C@@]4(O)CC[C@H]4Cc5c([nH]c6ccccc56)[C@@]43C)O[C@@H]2C(C)(C)O1. The van der Waals surface area contributed by atoms with E-state index in [9.17, 15) is 5.11 Å². The van der Waals surface area contributed by atoms with Crippen molar-refractivity contribution in [3.63, 3.8) is 0 Å². The minimum Gasteiger partial charge on any atom is -0.389 e. The topological polar surface area (TPSA) is 63.7 Å². The minimum absolute atomic E-state index is 0.0558. The fourth-order valence-electron chi connectivity index (χ4n) is 10.7. The Hall–Kier alpha value is -1.66. The average molecular weight is 518 g/mol. The first-order valence-corrected chi connectivity index (χ1v) is 14.9. The summed E-state index contributed by atoms with van der Waals surface area (Å²) in [6, 6.07) is 8.76. The largest absolute Gasteiger partial charge is 0.389 e. The van der Waals surface area contributed by atoms with Gasteiger partial charge in [0, 0.05) is 32.8 Å². The van der Waals surface area contributed by atoms with Crippen LogP contribution in [0, 0.1) is 22.7 Å². The van der Waals surface area contributed by atoms with E-state index in [1.807, 2.05) is 0 Å². The molecule has 5 nitrogen and oxygen atoms in total. The van der Waals surface area contributed by atoms with Gasteiger partial charge in [0.15, 0.2) is 6.29 Å². The molecule has 5 fully saturated rings. The average Bonchev–Trinajstić information content (AvgIpc) is 3.43. The monoisotopic (exact) mass is 517 g/mol. The summed E-state index contributed by atoms with van der Waals surface area (Å²) in [6.07, 6.45) is 7.60. The number of nitrogens with one attached hydrogen (secondary N) is 1. The van der Waals surface area contributed by atoms with E-state index in [1.54, 1.807) is 0 Å². The Bertz CT molecular complexity index is 1370. The molecule has 2 aromatic rings. The molecule has 2 aliphatic heterocycles. The first-order valence-electron chi connectivity index (χ1n) is 14.9. The zero-order valence-corrected chi connectivity index (χ0v) is 23.8. The summed E-state index contributed by atoms with van der Waals surface area (Å²) in [4.78, 5) is 3.88. The third kappa shape index (κ3) is 2.55. The molecular formula is C33H43NO4. The highest BCUT2D eigenvalue weighted by Crippen LogP contribution is 2.81. The van der Waals surface area contributed by atoms with Crippen molar-refractivity contribution in [2.45, 2.75) is 121 Å². The van der Waals surface area contributed by atoms with Gasteiger partial charge < -0.3 is 24.3 Å². The molecule has 38 heavy (non-hydrogen) atoms. The van der Waals surface area contributed by atoms with Crippen LogP contribution >= 0.6 is 0 Å². The lowest BCUT2D eigenvalue weighted by Crippen LogP contribution is -2.74. The maximum atomic E-state index is 13.2. The van der Waals surface area contributed by atoms with Crippen LogP contribution in [0.5, 0.6) is 0 Å². The van der Waals surface area contributed by atoms with E-state index in [1.165, 1.54) is 27.7 Å². The summed E-state index contributed by atoms with van der Waals surface area (Å²) in [5.74, 6) is 0.859. The molecule has 5 heteroatoms. The van der Waals surface area contributed by atoms with E-state index in [2.05, 4.69) is 76.9 Å². The van der Waals surface area contributed by atoms with E-state index in [0.717, 1.165) is 38.5 Å². The number of aliphatic hydroxyl groups is 1. The number of aromatic nitrogens is 1. The summed E-state index contributed by atoms with van der Waals surface area (Å²) >= 11 is 0. The Labute approximate surface area is 226 Å². The molecular weight excluding hydrogens is 474 g/mol. The van der Waals surface area contributed by atoms with E-state index in [4.69, 9.17) is 14.2 Å². The van der Waals surface area contributed by atoms with Gasteiger partial charge in [0.1, 0.15) is 6.10 Å². The molecule has 204 valence electrons. The number of para-hydroxylation sites is 1. The van der Waals surface area contributed by atoms with Gasteiger partial charge in [0.2, 0.25) is 0 Å². The number of aromatic amines is 1. The third-order valence-electron chi connectivity index (χ3n) is 12.7. The summed E-state index contributed by atoms with van der Waals surface area (Å²) in [5.41, 5.74) is 3.49. The van der Waals surface area contributed by atoms with E-state index >= 15 is 0 Å². The molecule has 2 saturated heterocycles. The molecule has 1 aromatic heterocycles. The first-order chi connectivity index (χ1) is 18.0. The number of benzene rings is 1. The summed E-state index contributed by atoms with van der Waals surface area (Å²) in [5, 5.41) is 14.6. The van der Waals surface area contributed by atoms with Crippen molar-refractivity contribution in [2.75, 3.05) is 0 Å². The standard InChI is InChI=1S/C33H43NO4/c1-18(2)15-25-37-26-22-17-32(22)24(36-28(26)29(3,4)38-25)12-13-30(5)31(6)19(11-14-33(30,32)35)16-21-20-9-7-8-10-23(20)34-27(21)31/h7-10,15,19,22,24-26,28,34-35H,11-14,16-17H2,1-6H3/t19-,22+,24-,25-,26-,28-,30+,31+,32-,33-/m0/s1. The number of hydrogen-bond acceptors (Lipinski definition) is 4. The van der Waals surface area contributed by atoms with E-state index in [0.29, 0.717) is 11.8 Å². The maximum absolute atomic E-state index is 13.2. The van der Waals surface area contributed by atoms with Crippen LogP contribution in [0.2, 0.25) is 0 Å². The Balaban J connectivity index is 1.22. The summed E-state index contributed by atoms with van der Waals surface area (Å²) in [7, 11) is 0. The molecule has 0 bridgehead atoms. The molecule has 0 amide bonds. The summed E-state index contributed by atoms with van der Waals surface area (Å²) < 4.78 is 20.0. The Morgan fingerprint density at radius 1 is 1.05 bits per heavy atom. The quantitative estimate of drug-likeness (QED) is 0.443. The normalized spacial score (nSPS) is 49.7. The van der Waals surface area contributed by atoms with Crippen LogP contribution in [0.4, 0.5) is 0 Å². The number of H-pyrrole nitrogens is 1. The van der Waals surface area contributed by atoms with Gasteiger partial charge in [-0.3, -0.25) is 0 Å². The van der Waals surface area contributed by atoms with Gasteiger partial charge in [-0.25, -0.2) is 0 Å². The Morgan fingerprint density at radius 2 is 1.84 bits per heavy atom. The highest BCUT2D eigenvalue weighted by atomic mass is 16.7. The molecule has 6 aliphatic rings. The predicted octanol–water partition coefficient (Wildman–Crippen LogP) is 6.18. The van der Waals surface area contributed by atoms with E-state index in [-0.39, 0.29) is 40.8 Å². The minimum atomic E-state index is -0.791. The van der Waals surface area contributed by atoms with Crippen LogP contribution in [-0.2, 0) is 26.0 Å². The number of hydrogen-bond donors (Lipinski definition) is 2. The number of allylic oxidation sites excluding steroid dienone is 1. The highest BCUT2D eigenvalue weighted by molar-refractivity contribution is 5.86. The van der Waals surface area contributed by atoms with Crippen LogP contribution in [0.3, 0.4) is 0 Å². The molecule has 8 rings (SSSR count). The van der Waals surface area contributed by atoms with Crippen LogP contribution in [0.15, 0.2) is 35.9 Å². The predicted molar refractivity (Wildman–Crippen MR) is 147 cm³/mol. The molecule has 0 unspecified atom stereocenters. The van der Waals surface area contributed by atoms with Crippen molar-refractivity contribution < 1.29 is 19.3 Å². The molecule has 1 aromatic carbocycles. The zero-order chi connectivity index (χ0) is 26.5. The van der Waals surface area contributed by atoms with Crippen LogP contribution < -0.4 is 0 Å². The fraction of sp³-hybridized carbons (Fsp3) is 0.697. The molecule has 3 saturated carbocycles. The third-order valence-corrected chi connectivity index (χ3v) is 12.7. The van der Waals surface area contributed by atoms with Gasteiger partial charge >= 0.3 is 0 Å². The lowest BCUT2D eigenvalue weighted by atomic mass is 9.40. The second kappa shape index (κ2) is 7.15. The number of rotatable bonds is 1. The van der Waals surface area contributed by atoms with E-state index < -0.39 is 11.2 Å². The smallest absolute Gasteiger partial charge is 0.178 e. The van der Waals surface area contributed by atoms with Crippen LogP contribution in [0.1, 0.15) is 84.9 Å². The summed E-state index contributed by atoms with van der Waals surface area (Å²) in [6.45, 7) is 13.4. The molecule has 2 N–H and O–H groups in total. The second-order valence-electron chi connectivity index (χ2n) is 14.7. The van der Waals surface area contributed by atoms with Crippen molar-refractivity contribution in [1.82, 2.24) is 4.98 Å². The molecule has 1 spiro atoms. The van der Waals surface area contributed by atoms with Crippen molar-refractivity contribution in [3.05, 3.63) is 47.2 Å². The van der Waals surface area contributed by atoms with Gasteiger partial charge in [-0.15, -0.1) is 0 Å². The molecule has 0 radical (unpaired) electrons. The molecule has 3 heterocycles. The van der Waals surface area contributed by atoms with Gasteiger partial charge in [0.25, 0.3) is 0 Å². The van der Waals surface area contributed by atoms with Gasteiger partial charge in [-0.05, 0) is 95.8 Å². The van der Waals surface area contributed by atoms with Gasteiger partial charge in [-0.1, -0.05) is 37.6 Å². The number of fused-ring (bicyclic) bond motifs is 9. The van der Waals surface area contributed by atoms with Crippen LogP contribution in [-0.4, -0.2) is 45.9 Å². The molecule has 10 atom stereocenters. The Kier molecular flexibility index (Phi) is 4.55. The van der Waals surface area contributed by atoms with Gasteiger partial charge in [-0.2, -0.15) is 0 Å². The highest BCUT2D eigenvalue weighted by Gasteiger charge is 2.85. The lowest BCUT2D eigenvalue weighted by molar-refractivity contribution is -0.361. The van der Waals surface area contributed by atoms with Crippen molar-refractivity contribution in [3.8, 4) is 0 Å². The maximum Gasteiger partial charge on any atom is 0.178 e. The van der Waals surface area contributed by atoms with Crippen molar-refractivity contribution in [2.24, 2.45) is 22.7 Å². The van der Waals surface area contributed by atoms with Crippen molar-refractivity contribution >= 4 is 10.9 Å². The zero-order valence-electron chi connectivity index (χ0n) is 23.8.